The van der Waals surface area contributed by atoms with E-state index in [2.05, 4.69) is 14.1 Å². The predicted molar refractivity (Wildman–Crippen MR) is 51.4 cm³/mol. The second kappa shape index (κ2) is 6.83. The van der Waals surface area contributed by atoms with Crippen LogP contribution in [0.4, 0.5) is 0 Å². The lowest BCUT2D eigenvalue weighted by Gasteiger charge is -2.20. The molecule has 0 aromatic rings. The molecular weight excluding hydrogens is 205 g/mol. The van der Waals surface area contributed by atoms with Gasteiger partial charge in [0.15, 0.2) is 0 Å². The van der Waals surface area contributed by atoms with Gasteiger partial charge in [0.1, 0.15) is 0 Å². The van der Waals surface area contributed by atoms with Crippen LogP contribution in [-0.4, -0.2) is 12.3 Å². The van der Waals surface area contributed by atoms with Crippen molar-refractivity contribution in [2.24, 2.45) is 0 Å². The first kappa shape index (κ1) is 13.4. The molecule has 0 aliphatic rings. The summed E-state index contributed by atoms with van der Waals surface area (Å²) in [6.07, 6.45) is 2.63. The van der Waals surface area contributed by atoms with E-state index >= 15 is 0 Å². The fourth-order valence-electron chi connectivity index (χ4n) is 1.07. The van der Waals surface area contributed by atoms with E-state index in [0.717, 1.165) is 0 Å². The lowest BCUT2D eigenvalue weighted by molar-refractivity contribution is -0.209. The summed E-state index contributed by atoms with van der Waals surface area (Å²) in [4.78, 5) is 4.60. The number of rotatable bonds is 7. The molecule has 0 saturated carbocycles. The Kier molecular flexibility index (Phi) is 6.56. The summed E-state index contributed by atoms with van der Waals surface area (Å²) in [7, 11) is -3.43. The average Bonchev–Trinajstić information content (AvgIpc) is 2.17. The van der Waals surface area contributed by atoms with Crippen LogP contribution in [0.2, 0.25) is 0 Å². The van der Waals surface area contributed by atoms with Crippen molar-refractivity contribution < 1.29 is 18.7 Å². The standard InChI is InChI=1S/C8H16NO4P/c1-4-8(5-2)14(10,12-7-9)13-11-6-3/h8H,4-6H2,1-3H3. The Morgan fingerprint density at radius 3 is 2.29 bits per heavy atom. The Balaban J connectivity index is 4.52. The summed E-state index contributed by atoms with van der Waals surface area (Å²) in [6, 6.07) is 0. The molecule has 0 bridgehead atoms. The van der Waals surface area contributed by atoms with Crippen LogP contribution in [0.1, 0.15) is 33.6 Å². The number of nitrogens with zero attached hydrogens (tertiary/aromatic N) is 1. The third kappa shape index (κ3) is 3.67. The van der Waals surface area contributed by atoms with Crippen LogP contribution in [-0.2, 0) is 18.7 Å². The van der Waals surface area contributed by atoms with Crippen LogP contribution >= 0.6 is 7.60 Å². The van der Waals surface area contributed by atoms with Gasteiger partial charge < -0.3 is 4.52 Å². The molecule has 0 radical (unpaired) electrons. The summed E-state index contributed by atoms with van der Waals surface area (Å²) in [5.74, 6) is 0. The van der Waals surface area contributed by atoms with Gasteiger partial charge in [0, 0.05) is 0 Å². The lowest BCUT2D eigenvalue weighted by Crippen LogP contribution is -2.10. The van der Waals surface area contributed by atoms with Crippen LogP contribution in [0.5, 0.6) is 0 Å². The number of hydrogen-bond donors (Lipinski definition) is 0. The summed E-state index contributed by atoms with van der Waals surface area (Å²) in [5, 5.41) is 8.36. The fraction of sp³-hybridized carbons (Fsp3) is 0.875. The van der Waals surface area contributed by atoms with Gasteiger partial charge in [-0.1, -0.05) is 13.8 Å². The Morgan fingerprint density at radius 1 is 1.36 bits per heavy atom. The molecule has 14 heavy (non-hydrogen) atoms. The van der Waals surface area contributed by atoms with Gasteiger partial charge in [-0.3, -0.25) is 0 Å². The second-order valence-electron chi connectivity index (χ2n) is 2.67. The minimum Gasteiger partial charge on any atom is -0.347 e. The van der Waals surface area contributed by atoms with E-state index in [9.17, 15) is 4.57 Å². The van der Waals surface area contributed by atoms with E-state index in [4.69, 9.17) is 5.26 Å². The van der Waals surface area contributed by atoms with Gasteiger partial charge in [0.05, 0.1) is 12.3 Å². The van der Waals surface area contributed by atoms with Gasteiger partial charge >= 0.3 is 7.60 Å². The van der Waals surface area contributed by atoms with Crippen molar-refractivity contribution in [3.8, 4) is 6.26 Å². The molecule has 1 unspecified atom stereocenters. The lowest BCUT2D eigenvalue weighted by atomic mass is 10.3. The maximum absolute atomic E-state index is 11.9. The molecule has 0 aromatic carbocycles. The normalized spacial score (nSPS) is 14.8. The zero-order valence-electron chi connectivity index (χ0n) is 8.73. The highest BCUT2D eigenvalue weighted by Crippen LogP contribution is 2.55. The minimum atomic E-state index is -3.43. The van der Waals surface area contributed by atoms with Gasteiger partial charge in [-0.25, -0.2) is 9.45 Å². The number of hydrogen-bond acceptors (Lipinski definition) is 5. The first-order valence-corrected chi connectivity index (χ1v) is 6.24. The largest absolute Gasteiger partial charge is 0.418 e. The van der Waals surface area contributed by atoms with E-state index in [-0.39, 0.29) is 12.3 Å². The van der Waals surface area contributed by atoms with E-state index in [1.165, 1.54) is 6.26 Å². The van der Waals surface area contributed by atoms with E-state index in [1.54, 1.807) is 6.92 Å². The molecular formula is C8H16NO4P. The highest BCUT2D eigenvalue weighted by atomic mass is 31.2. The average molecular weight is 221 g/mol. The molecule has 0 spiro atoms. The van der Waals surface area contributed by atoms with Crippen LogP contribution in [0.3, 0.4) is 0 Å². The molecule has 1 atom stereocenters. The summed E-state index contributed by atoms with van der Waals surface area (Å²) in [5.41, 5.74) is -0.298. The van der Waals surface area contributed by atoms with Crippen LogP contribution in [0.25, 0.3) is 0 Å². The minimum absolute atomic E-state index is 0.263. The van der Waals surface area contributed by atoms with Crippen molar-refractivity contribution in [2.75, 3.05) is 6.61 Å². The first-order valence-electron chi connectivity index (χ1n) is 4.63. The molecule has 0 aliphatic heterocycles. The SMILES string of the molecule is CCOOP(=O)(OC#N)C(CC)CC. The van der Waals surface area contributed by atoms with Crippen molar-refractivity contribution in [3.05, 3.63) is 0 Å². The summed E-state index contributed by atoms with van der Waals surface area (Å²) < 4.78 is 21.1. The van der Waals surface area contributed by atoms with E-state index in [1.807, 2.05) is 13.8 Å². The van der Waals surface area contributed by atoms with Crippen LogP contribution in [0.15, 0.2) is 0 Å². The third-order valence-corrected chi connectivity index (χ3v) is 4.11. The van der Waals surface area contributed by atoms with Crippen LogP contribution < -0.4 is 0 Å². The molecule has 82 valence electrons. The molecule has 0 rings (SSSR count). The van der Waals surface area contributed by atoms with Crippen molar-refractivity contribution in [2.45, 2.75) is 39.3 Å². The Labute approximate surface area is 84.4 Å². The molecule has 0 heterocycles. The zero-order valence-corrected chi connectivity index (χ0v) is 9.62. The summed E-state index contributed by atoms with van der Waals surface area (Å²) >= 11 is 0. The molecule has 0 N–H and O–H groups in total. The van der Waals surface area contributed by atoms with Crippen molar-refractivity contribution >= 4 is 7.60 Å². The maximum atomic E-state index is 11.9. The van der Waals surface area contributed by atoms with Gasteiger partial charge in [-0.15, -0.1) is 9.94 Å². The Morgan fingerprint density at radius 2 is 1.93 bits per heavy atom. The van der Waals surface area contributed by atoms with Gasteiger partial charge in [-0.05, 0) is 19.8 Å². The zero-order chi connectivity index (χ0) is 11.0. The topological polar surface area (TPSA) is 68.6 Å². The Bertz CT molecular complexity index is 234. The molecule has 0 saturated heterocycles. The molecule has 0 aromatic heterocycles. The molecule has 5 nitrogen and oxygen atoms in total. The predicted octanol–water partition coefficient (Wildman–Crippen LogP) is 2.83. The monoisotopic (exact) mass is 221 g/mol. The van der Waals surface area contributed by atoms with E-state index in [0.29, 0.717) is 12.8 Å². The molecule has 0 amide bonds. The highest BCUT2D eigenvalue weighted by Gasteiger charge is 2.36. The molecule has 0 fully saturated rings. The fourth-order valence-corrected chi connectivity index (χ4v) is 2.63. The van der Waals surface area contributed by atoms with Gasteiger partial charge in [0.2, 0.25) is 0 Å². The first-order chi connectivity index (χ1) is 6.64. The Hall–Kier alpha value is -0.560. The second-order valence-corrected chi connectivity index (χ2v) is 4.82. The molecule has 0 aliphatic carbocycles. The smallest absolute Gasteiger partial charge is 0.347 e. The third-order valence-electron chi connectivity index (χ3n) is 1.83. The highest BCUT2D eigenvalue weighted by molar-refractivity contribution is 7.54. The summed E-state index contributed by atoms with van der Waals surface area (Å²) in [6.45, 7) is 5.68. The van der Waals surface area contributed by atoms with Gasteiger partial charge in [-0.2, -0.15) is 0 Å². The van der Waals surface area contributed by atoms with Crippen molar-refractivity contribution in [1.82, 2.24) is 0 Å². The van der Waals surface area contributed by atoms with E-state index < -0.39 is 7.60 Å². The van der Waals surface area contributed by atoms with Crippen molar-refractivity contribution in [1.29, 1.82) is 5.26 Å². The number of nitriles is 1. The quantitative estimate of drug-likeness (QED) is 0.286. The van der Waals surface area contributed by atoms with Crippen LogP contribution in [0, 0.1) is 11.5 Å². The maximum Gasteiger partial charge on any atom is 0.418 e. The van der Waals surface area contributed by atoms with Crippen molar-refractivity contribution in [3.63, 3.8) is 0 Å². The van der Waals surface area contributed by atoms with Gasteiger partial charge in [0.25, 0.3) is 6.26 Å². The molecule has 6 heteroatoms.